The quantitative estimate of drug-likeness (QED) is 0.422. The minimum Gasteiger partial charge on any atom is -0.306 e. The molecule has 0 atom stereocenters. The summed E-state index contributed by atoms with van der Waals surface area (Å²) >= 11 is 7.22. The fraction of sp³-hybridized carbons (Fsp3) is 0.136. The first kappa shape index (κ1) is 19.4. The van der Waals surface area contributed by atoms with Crippen LogP contribution in [0.3, 0.4) is 0 Å². The Labute approximate surface area is 177 Å². The summed E-state index contributed by atoms with van der Waals surface area (Å²) in [4.78, 5) is 21.7. The van der Waals surface area contributed by atoms with E-state index in [1.54, 1.807) is 25.5 Å². The number of thiophene rings is 1. The molecule has 3 aromatic heterocycles. The Balaban J connectivity index is 1.46. The number of halogens is 1. The molecule has 0 fully saturated rings. The molecule has 7 heteroatoms. The van der Waals surface area contributed by atoms with Crippen LogP contribution in [0, 0.1) is 0 Å². The standard InChI is InChI=1S/C22H19ClN4OS/c1-24-22-4-2-3-13-27(22)18-8-6-17(7-9-18)26-14-16(25-15-26)5-10-19(28)20-11-12-21(23)29-20/h2-4,6-9,11-15H,5,10H2,1H3. The van der Waals surface area contributed by atoms with Crippen LogP contribution >= 0.6 is 22.9 Å². The molecule has 0 spiro atoms. The highest BCUT2D eigenvalue weighted by molar-refractivity contribution is 7.18. The maximum Gasteiger partial charge on any atom is 0.173 e. The SMILES string of the molecule is CN=c1ccccn1-c1ccc(-n2cnc(CCC(=O)c3ccc(Cl)s3)c2)cc1. The van der Waals surface area contributed by atoms with Crippen molar-refractivity contribution in [2.24, 2.45) is 4.99 Å². The van der Waals surface area contributed by atoms with Gasteiger partial charge in [0.1, 0.15) is 5.49 Å². The number of rotatable bonds is 6. The van der Waals surface area contributed by atoms with E-state index in [4.69, 9.17) is 11.6 Å². The maximum atomic E-state index is 12.2. The second-order valence-electron chi connectivity index (χ2n) is 6.47. The van der Waals surface area contributed by atoms with Crippen molar-refractivity contribution in [2.75, 3.05) is 7.05 Å². The van der Waals surface area contributed by atoms with Gasteiger partial charge in [0, 0.05) is 37.2 Å². The number of aryl methyl sites for hydroxylation is 1. The molecule has 1 aromatic carbocycles. The zero-order valence-corrected chi connectivity index (χ0v) is 17.4. The Morgan fingerprint density at radius 3 is 2.62 bits per heavy atom. The first-order valence-corrected chi connectivity index (χ1v) is 10.4. The highest BCUT2D eigenvalue weighted by atomic mass is 35.5. The Morgan fingerprint density at radius 2 is 1.90 bits per heavy atom. The second kappa shape index (κ2) is 8.59. The van der Waals surface area contributed by atoms with E-state index in [1.165, 1.54) is 11.3 Å². The van der Waals surface area contributed by atoms with Gasteiger partial charge in [0.25, 0.3) is 0 Å². The van der Waals surface area contributed by atoms with E-state index in [-0.39, 0.29) is 5.78 Å². The zero-order chi connectivity index (χ0) is 20.2. The molecular weight excluding hydrogens is 404 g/mol. The number of aromatic nitrogens is 3. The molecule has 0 saturated heterocycles. The van der Waals surface area contributed by atoms with Crippen molar-refractivity contribution in [1.82, 2.24) is 14.1 Å². The largest absolute Gasteiger partial charge is 0.306 e. The van der Waals surface area contributed by atoms with Crippen LogP contribution in [0.15, 0.2) is 78.3 Å². The molecule has 0 saturated carbocycles. The molecule has 0 amide bonds. The Bertz CT molecular complexity index is 1200. The summed E-state index contributed by atoms with van der Waals surface area (Å²) in [7, 11) is 1.78. The lowest BCUT2D eigenvalue weighted by atomic mass is 10.1. The van der Waals surface area contributed by atoms with Gasteiger partial charge in [0.2, 0.25) is 0 Å². The Kier molecular flexibility index (Phi) is 5.74. The highest BCUT2D eigenvalue weighted by Gasteiger charge is 2.10. The van der Waals surface area contributed by atoms with Crippen LogP contribution in [-0.4, -0.2) is 26.9 Å². The molecule has 3 heterocycles. The normalized spacial score (nSPS) is 11.7. The number of pyridine rings is 1. The summed E-state index contributed by atoms with van der Waals surface area (Å²) in [5.41, 5.74) is 3.82. The third-order valence-corrected chi connectivity index (χ3v) is 5.86. The third-order valence-electron chi connectivity index (χ3n) is 4.59. The fourth-order valence-electron chi connectivity index (χ4n) is 3.08. The van der Waals surface area contributed by atoms with Crippen molar-refractivity contribution in [2.45, 2.75) is 12.8 Å². The predicted molar refractivity (Wildman–Crippen MR) is 116 cm³/mol. The summed E-state index contributed by atoms with van der Waals surface area (Å²) in [5.74, 6) is 0.0952. The maximum absolute atomic E-state index is 12.2. The number of carbonyl (C=O) groups excluding carboxylic acids is 1. The lowest BCUT2D eigenvalue weighted by Gasteiger charge is -2.08. The molecule has 0 aliphatic heterocycles. The average molecular weight is 423 g/mol. The number of ketones is 1. The number of hydrogen-bond donors (Lipinski definition) is 0. The molecule has 146 valence electrons. The Morgan fingerprint density at radius 1 is 1.10 bits per heavy atom. The molecule has 4 aromatic rings. The van der Waals surface area contributed by atoms with Crippen molar-refractivity contribution in [1.29, 1.82) is 0 Å². The van der Waals surface area contributed by atoms with E-state index in [9.17, 15) is 4.79 Å². The molecule has 4 rings (SSSR count). The average Bonchev–Trinajstić information content (AvgIpc) is 3.41. The van der Waals surface area contributed by atoms with Crippen LogP contribution in [0.2, 0.25) is 4.34 Å². The van der Waals surface area contributed by atoms with E-state index in [1.807, 2.05) is 64.0 Å². The fourth-order valence-corrected chi connectivity index (χ4v) is 4.09. The smallest absolute Gasteiger partial charge is 0.173 e. The van der Waals surface area contributed by atoms with E-state index in [0.29, 0.717) is 22.1 Å². The van der Waals surface area contributed by atoms with Gasteiger partial charge >= 0.3 is 0 Å². The van der Waals surface area contributed by atoms with Gasteiger partial charge in [0.15, 0.2) is 5.78 Å². The monoisotopic (exact) mass is 422 g/mol. The van der Waals surface area contributed by atoms with Gasteiger partial charge < -0.3 is 9.13 Å². The first-order valence-electron chi connectivity index (χ1n) is 9.17. The van der Waals surface area contributed by atoms with Crippen molar-refractivity contribution in [3.8, 4) is 11.4 Å². The minimum atomic E-state index is 0.0952. The lowest BCUT2D eigenvalue weighted by Crippen LogP contribution is -2.17. The summed E-state index contributed by atoms with van der Waals surface area (Å²) in [5, 5.41) is 0. The topological polar surface area (TPSA) is 52.2 Å². The molecule has 5 nitrogen and oxygen atoms in total. The van der Waals surface area contributed by atoms with Crippen molar-refractivity contribution >= 4 is 28.7 Å². The van der Waals surface area contributed by atoms with Gasteiger partial charge in [-0.25, -0.2) is 4.98 Å². The van der Waals surface area contributed by atoms with Gasteiger partial charge in [-0.3, -0.25) is 9.79 Å². The van der Waals surface area contributed by atoms with Crippen LogP contribution in [0.25, 0.3) is 11.4 Å². The van der Waals surface area contributed by atoms with E-state index in [0.717, 1.165) is 22.6 Å². The molecule has 0 aliphatic rings. The van der Waals surface area contributed by atoms with Crippen LogP contribution in [0.5, 0.6) is 0 Å². The number of imidazole rings is 1. The molecule has 0 aliphatic carbocycles. The lowest BCUT2D eigenvalue weighted by molar-refractivity contribution is 0.0986. The minimum absolute atomic E-state index is 0.0952. The Hall–Kier alpha value is -2.96. The predicted octanol–water partition coefficient (Wildman–Crippen LogP) is 4.72. The summed E-state index contributed by atoms with van der Waals surface area (Å²) in [6.07, 6.45) is 6.75. The van der Waals surface area contributed by atoms with E-state index >= 15 is 0 Å². The second-order valence-corrected chi connectivity index (χ2v) is 8.18. The highest BCUT2D eigenvalue weighted by Crippen LogP contribution is 2.23. The third kappa shape index (κ3) is 4.39. The number of Topliss-reactive ketones (excluding diaryl/α,β-unsaturated/α-hetero) is 1. The van der Waals surface area contributed by atoms with E-state index < -0.39 is 0 Å². The molecule has 0 radical (unpaired) electrons. The molecule has 0 unspecified atom stereocenters. The van der Waals surface area contributed by atoms with Crippen molar-refractivity contribution in [3.63, 3.8) is 0 Å². The van der Waals surface area contributed by atoms with Crippen LogP contribution < -0.4 is 5.49 Å². The van der Waals surface area contributed by atoms with Crippen LogP contribution in [0.1, 0.15) is 21.8 Å². The summed E-state index contributed by atoms with van der Waals surface area (Å²) in [6.45, 7) is 0. The van der Waals surface area contributed by atoms with Gasteiger partial charge in [0.05, 0.1) is 21.2 Å². The van der Waals surface area contributed by atoms with E-state index in [2.05, 4.69) is 9.98 Å². The van der Waals surface area contributed by atoms with Crippen molar-refractivity contribution in [3.05, 3.63) is 93.7 Å². The molecule has 29 heavy (non-hydrogen) atoms. The molecule has 0 bridgehead atoms. The number of nitrogens with zero attached hydrogens (tertiary/aromatic N) is 4. The van der Waals surface area contributed by atoms with Crippen LogP contribution in [0.4, 0.5) is 0 Å². The number of hydrogen-bond acceptors (Lipinski definition) is 4. The summed E-state index contributed by atoms with van der Waals surface area (Å²) < 4.78 is 4.63. The molecule has 0 N–H and O–H groups in total. The first-order chi connectivity index (χ1) is 14.1. The van der Waals surface area contributed by atoms with Crippen molar-refractivity contribution < 1.29 is 4.79 Å². The zero-order valence-electron chi connectivity index (χ0n) is 15.8. The molecular formula is C22H19ClN4OS. The van der Waals surface area contributed by atoms with Gasteiger partial charge in [-0.05, 0) is 55.0 Å². The van der Waals surface area contributed by atoms with Gasteiger partial charge in [-0.2, -0.15) is 0 Å². The number of benzene rings is 1. The number of carbonyl (C=O) groups is 1. The summed E-state index contributed by atoms with van der Waals surface area (Å²) in [6, 6.07) is 17.6. The van der Waals surface area contributed by atoms with Crippen LogP contribution in [-0.2, 0) is 6.42 Å². The van der Waals surface area contributed by atoms with Gasteiger partial charge in [-0.1, -0.05) is 17.7 Å². The van der Waals surface area contributed by atoms with Gasteiger partial charge in [-0.15, -0.1) is 11.3 Å².